The van der Waals surface area contributed by atoms with Gasteiger partial charge in [0, 0.05) is 6.07 Å². The maximum absolute atomic E-state index is 11.5. The van der Waals surface area contributed by atoms with Crippen molar-refractivity contribution in [3.8, 4) is 5.88 Å². The molecule has 0 aliphatic carbocycles. The number of rotatable bonds is 7. The van der Waals surface area contributed by atoms with Crippen LogP contribution in [0.5, 0.6) is 5.88 Å². The Hall–Kier alpha value is -2.06. The van der Waals surface area contributed by atoms with Crippen molar-refractivity contribution in [2.24, 2.45) is 0 Å². The van der Waals surface area contributed by atoms with Gasteiger partial charge in [0.1, 0.15) is 6.54 Å². The summed E-state index contributed by atoms with van der Waals surface area (Å²) in [6.45, 7) is 10.9. The third kappa shape index (κ3) is 7.05. The molecule has 148 valence electrons. The van der Waals surface area contributed by atoms with E-state index in [-0.39, 0.29) is 18.6 Å². The second-order valence-electron chi connectivity index (χ2n) is 5.77. The van der Waals surface area contributed by atoms with Crippen LogP contribution >= 0.6 is 0 Å². The van der Waals surface area contributed by atoms with E-state index in [1.807, 2.05) is 27.7 Å². The lowest BCUT2D eigenvalue weighted by Crippen LogP contribution is -2.45. The van der Waals surface area contributed by atoms with Crippen molar-refractivity contribution in [2.75, 3.05) is 44.1 Å². The molecule has 2 N–H and O–H groups in total. The standard InChI is InChI=1S/C16H25N3O5.C2H6/c1-5-22-14(20)8-17-12-6-7-13(21-4)19-15(12)18-11-9-23-16(2,3)24-10-11;1-2/h6-7,11,17H,5,8-10H2,1-4H3,(H,18,19);1-2H3. The Bertz CT molecular complexity index is 556. The van der Waals surface area contributed by atoms with Gasteiger partial charge >= 0.3 is 5.97 Å². The molecule has 0 unspecified atom stereocenters. The zero-order valence-corrected chi connectivity index (χ0v) is 16.5. The topological polar surface area (TPSA) is 90.9 Å². The summed E-state index contributed by atoms with van der Waals surface area (Å²) in [6.07, 6.45) is 0. The van der Waals surface area contributed by atoms with Crippen molar-refractivity contribution < 1.29 is 23.7 Å². The Balaban J connectivity index is 0.00000163. The van der Waals surface area contributed by atoms with Crippen LogP contribution in [0.4, 0.5) is 11.5 Å². The number of ether oxygens (including phenoxy) is 4. The Morgan fingerprint density at radius 3 is 2.54 bits per heavy atom. The SMILES string of the molecule is CC.CCOC(=O)CNc1ccc(OC)nc1NC1COC(C)(C)OC1. The van der Waals surface area contributed by atoms with Crippen LogP contribution in [0.1, 0.15) is 34.6 Å². The molecule has 0 aromatic carbocycles. The van der Waals surface area contributed by atoms with E-state index in [1.54, 1.807) is 26.2 Å². The minimum atomic E-state index is -0.578. The molecule has 1 aliphatic heterocycles. The zero-order valence-electron chi connectivity index (χ0n) is 16.5. The summed E-state index contributed by atoms with van der Waals surface area (Å²) in [5.41, 5.74) is 0.675. The number of carbonyl (C=O) groups is 1. The van der Waals surface area contributed by atoms with Crippen LogP contribution in [-0.2, 0) is 19.0 Å². The van der Waals surface area contributed by atoms with Gasteiger partial charge in [0.15, 0.2) is 11.6 Å². The maximum Gasteiger partial charge on any atom is 0.325 e. The molecule has 0 bridgehead atoms. The van der Waals surface area contributed by atoms with Crippen molar-refractivity contribution in [3.63, 3.8) is 0 Å². The first-order valence-corrected chi connectivity index (χ1v) is 8.92. The molecule has 0 amide bonds. The summed E-state index contributed by atoms with van der Waals surface area (Å²) < 4.78 is 21.4. The molecular formula is C18H31N3O5. The minimum Gasteiger partial charge on any atom is -0.481 e. The molecule has 2 heterocycles. The highest BCUT2D eigenvalue weighted by molar-refractivity contribution is 5.77. The highest BCUT2D eigenvalue weighted by Crippen LogP contribution is 2.25. The Labute approximate surface area is 155 Å². The third-order valence-corrected chi connectivity index (χ3v) is 3.41. The van der Waals surface area contributed by atoms with Gasteiger partial charge in [-0.05, 0) is 26.8 Å². The molecule has 1 saturated heterocycles. The van der Waals surface area contributed by atoms with E-state index >= 15 is 0 Å². The van der Waals surface area contributed by atoms with Gasteiger partial charge in [-0.15, -0.1) is 0 Å². The lowest BCUT2D eigenvalue weighted by atomic mass is 10.2. The number of nitrogens with zero attached hydrogens (tertiary/aromatic N) is 1. The summed E-state index contributed by atoms with van der Waals surface area (Å²) in [4.78, 5) is 15.9. The number of aromatic nitrogens is 1. The Kier molecular flexibility index (Phi) is 9.15. The van der Waals surface area contributed by atoms with Crippen molar-refractivity contribution in [3.05, 3.63) is 12.1 Å². The highest BCUT2D eigenvalue weighted by atomic mass is 16.7. The van der Waals surface area contributed by atoms with Crippen molar-refractivity contribution >= 4 is 17.5 Å². The van der Waals surface area contributed by atoms with Gasteiger partial charge in [-0.1, -0.05) is 13.8 Å². The van der Waals surface area contributed by atoms with E-state index in [9.17, 15) is 4.79 Å². The number of hydrogen-bond acceptors (Lipinski definition) is 8. The first-order valence-electron chi connectivity index (χ1n) is 8.92. The average molecular weight is 369 g/mol. The van der Waals surface area contributed by atoms with E-state index < -0.39 is 5.79 Å². The number of pyridine rings is 1. The molecule has 1 aromatic heterocycles. The molecule has 0 atom stereocenters. The Morgan fingerprint density at radius 1 is 1.31 bits per heavy atom. The van der Waals surface area contributed by atoms with Crippen molar-refractivity contribution in [1.82, 2.24) is 4.98 Å². The lowest BCUT2D eigenvalue weighted by molar-refractivity contribution is -0.247. The van der Waals surface area contributed by atoms with Gasteiger partial charge in [-0.25, -0.2) is 0 Å². The fraction of sp³-hybridized carbons (Fsp3) is 0.667. The van der Waals surface area contributed by atoms with E-state index in [1.165, 1.54) is 0 Å². The van der Waals surface area contributed by atoms with Crippen molar-refractivity contribution in [1.29, 1.82) is 0 Å². The second kappa shape index (κ2) is 10.8. The summed E-state index contributed by atoms with van der Waals surface area (Å²) in [5, 5.41) is 6.28. The predicted molar refractivity (Wildman–Crippen MR) is 101 cm³/mol. The third-order valence-electron chi connectivity index (χ3n) is 3.41. The summed E-state index contributed by atoms with van der Waals surface area (Å²) in [6, 6.07) is 3.46. The van der Waals surface area contributed by atoms with Gasteiger partial charge in [0.2, 0.25) is 5.88 Å². The predicted octanol–water partition coefficient (Wildman–Crippen LogP) is 2.65. The van der Waals surface area contributed by atoms with Crippen molar-refractivity contribution in [2.45, 2.75) is 46.4 Å². The molecule has 0 radical (unpaired) electrons. The molecule has 2 rings (SSSR count). The van der Waals surface area contributed by atoms with Crippen LogP contribution in [0.15, 0.2) is 12.1 Å². The number of hydrogen-bond donors (Lipinski definition) is 2. The van der Waals surface area contributed by atoms with Crippen LogP contribution in [0.3, 0.4) is 0 Å². The van der Waals surface area contributed by atoms with E-state index in [2.05, 4.69) is 15.6 Å². The zero-order chi connectivity index (χ0) is 19.6. The lowest BCUT2D eigenvalue weighted by Gasteiger charge is -2.35. The minimum absolute atomic E-state index is 0.0548. The Morgan fingerprint density at radius 2 is 1.96 bits per heavy atom. The number of anilines is 2. The number of methoxy groups -OCH3 is 1. The molecule has 0 saturated carbocycles. The average Bonchev–Trinajstić information content (AvgIpc) is 2.64. The van der Waals surface area contributed by atoms with Crippen LogP contribution in [0, 0.1) is 0 Å². The van der Waals surface area contributed by atoms with Gasteiger partial charge in [0.05, 0.1) is 38.7 Å². The largest absolute Gasteiger partial charge is 0.481 e. The molecule has 1 aromatic rings. The van der Waals surface area contributed by atoms with E-state index in [0.29, 0.717) is 37.2 Å². The monoisotopic (exact) mass is 369 g/mol. The highest BCUT2D eigenvalue weighted by Gasteiger charge is 2.28. The first-order chi connectivity index (χ1) is 12.4. The molecule has 8 heteroatoms. The van der Waals surface area contributed by atoms with E-state index in [4.69, 9.17) is 18.9 Å². The smallest absolute Gasteiger partial charge is 0.325 e. The summed E-state index contributed by atoms with van der Waals surface area (Å²) in [5.74, 6) is 0.128. The summed E-state index contributed by atoms with van der Waals surface area (Å²) in [7, 11) is 1.55. The second-order valence-corrected chi connectivity index (χ2v) is 5.77. The van der Waals surface area contributed by atoms with Gasteiger partial charge in [0.25, 0.3) is 0 Å². The van der Waals surface area contributed by atoms with Gasteiger partial charge in [-0.3, -0.25) is 4.79 Å². The van der Waals surface area contributed by atoms with Gasteiger partial charge in [-0.2, -0.15) is 4.98 Å². The van der Waals surface area contributed by atoms with Crippen LogP contribution in [0.25, 0.3) is 0 Å². The fourth-order valence-electron chi connectivity index (χ4n) is 2.16. The van der Waals surface area contributed by atoms with Crippen LogP contribution in [0.2, 0.25) is 0 Å². The first kappa shape index (κ1) is 22.0. The van der Waals surface area contributed by atoms with Gasteiger partial charge < -0.3 is 29.6 Å². The van der Waals surface area contributed by atoms with Crippen LogP contribution < -0.4 is 15.4 Å². The molecule has 8 nitrogen and oxygen atoms in total. The molecule has 26 heavy (non-hydrogen) atoms. The fourth-order valence-corrected chi connectivity index (χ4v) is 2.16. The maximum atomic E-state index is 11.5. The molecule has 1 fully saturated rings. The number of nitrogens with one attached hydrogen (secondary N) is 2. The molecule has 0 spiro atoms. The van der Waals surface area contributed by atoms with Crippen LogP contribution in [-0.4, -0.2) is 56.3 Å². The van der Waals surface area contributed by atoms with E-state index in [0.717, 1.165) is 0 Å². The molecular weight excluding hydrogens is 338 g/mol. The molecule has 1 aliphatic rings. The normalized spacial score (nSPS) is 16.1. The summed E-state index contributed by atoms with van der Waals surface area (Å²) >= 11 is 0. The number of esters is 1. The quantitative estimate of drug-likeness (QED) is 0.709. The number of carbonyl (C=O) groups excluding carboxylic acids is 1.